The number of piperazine rings is 1. The summed E-state index contributed by atoms with van der Waals surface area (Å²) in [4.78, 5) is 17.5. The fraction of sp³-hybridized carbons (Fsp3) is 0.353. The number of fused-ring (bicyclic) bond motifs is 1. The predicted octanol–water partition coefficient (Wildman–Crippen LogP) is 2.42. The Labute approximate surface area is 145 Å². The van der Waals surface area contributed by atoms with Gasteiger partial charge in [0.15, 0.2) is 0 Å². The molecule has 1 saturated heterocycles. The molecule has 24 heavy (non-hydrogen) atoms. The molecule has 1 fully saturated rings. The third-order valence-electron chi connectivity index (χ3n) is 4.12. The van der Waals surface area contributed by atoms with Crippen molar-refractivity contribution in [1.82, 2.24) is 20.3 Å². The molecule has 6 nitrogen and oxygen atoms in total. The second-order valence-corrected chi connectivity index (χ2v) is 6.92. The largest absolute Gasteiger partial charge is 0.364 e. The molecule has 3 aromatic heterocycles. The van der Waals surface area contributed by atoms with Gasteiger partial charge in [-0.2, -0.15) is 4.98 Å². The second-order valence-electron chi connectivity index (χ2n) is 5.89. The fourth-order valence-electron chi connectivity index (χ4n) is 2.85. The van der Waals surface area contributed by atoms with Crippen LogP contribution in [0.3, 0.4) is 0 Å². The zero-order valence-electron chi connectivity index (χ0n) is 13.6. The average Bonchev–Trinajstić information content (AvgIpc) is 3.14. The van der Waals surface area contributed by atoms with Gasteiger partial charge in [0.1, 0.15) is 5.82 Å². The van der Waals surface area contributed by atoms with Crippen LogP contribution in [0, 0.1) is 6.92 Å². The molecular weight excluding hydrogens is 320 g/mol. The van der Waals surface area contributed by atoms with E-state index >= 15 is 0 Å². The van der Waals surface area contributed by atoms with Gasteiger partial charge in [0, 0.05) is 42.1 Å². The van der Waals surface area contributed by atoms with Crippen LogP contribution >= 0.6 is 11.3 Å². The molecule has 3 aromatic rings. The van der Waals surface area contributed by atoms with Crippen molar-refractivity contribution < 1.29 is 0 Å². The number of rotatable bonds is 4. The summed E-state index contributed by atoms with van der Waals surface area (Å²) < 4.78 is 0. The SMILES string of the molecule is Cc1cc2c(NCc3cccs3)nc(N3CCNCC3)nc2cn1. The Kier molecular flexibility index (Phi) is 4.27. The Balaban J connectivity index is 1.71. The first-order valence-corrected chi connectivity index (χ1v) is 9.04. The van der Waals surface area contributed by atoms with Crippen LogP contribution in [-0.4, -0.2) is 41.1 Å². The van der Waals surface area contributed by atoms with E-state index in [0.29, 0.717) is 0 Å². The van der Waals surface area contributed by atoms with Crippen molar-refractivity contribution in [3.63, 3.8) is 0 Å². The van der Waals surface area contributed by atoms with Crippen LogP contribution in [0.2, 0.25) is 0 Å². The van der Waals surface area contributed by atoms with Crippen molar-refractivity contribution in [2.24, 2.45) is 0 Å². The van der Waals surface area contributed by atoms with E-state index in [9.17, 15) is 0 Å². The molecule has 0 amide bonds. The highest BCUT2D eigenvalue weighted by atomic mass is 32.1. The maximum atomic E-state index is 4.82. The lowest BCUT2D eigenvalue weighted by Gasteiger charge is -2.28. The minimum atomic E-state index is 0.770. The first-order valence-electron chi connectivity index (χ1n) is 8.16. The van der Waals surface area contributed by atoms with Crippen LogP contribution in [-0.2, 0) is 6.54 Å². The molecule has 0 spiro atoms. The van der Waals surface area contributed by atoms with Crippen LogP contribution in [0.5, 0.6) is 0 Å². The topological polar surface area (TPSA) is 66.0 Å². The van der Waals surface area contributed by atoms with Gasteiger partial charge in [0.2, 0.25) is 5.95 Å². The van der Waals surface area contributed by atoms with Crippen molar-refractivity contribution in [3.8, 4) is 0 Å². The van der Waals surface area contributed by atoms with E-state index in [4.69, 9.17) is 9.97 Å². The van der Waals surface area contributed by atoms with E-state index in [0.717, 1.165) is 61.1 Å². The van der Waals surface area contributed by atoms with Crippen molar-refractivity contribution in [2.75, 3.05) is 36.4 Å². The quantitative estimate of drug-likeness (QED) is 0.760. The molecular formula is C17H20N6S. The van der Waals surface area contributed by atoms with Gasteiger partial charge in [0.05, 0.1) is 18.3 Å². The number of thiophene rings is 1. The normalized spacial score (nSPS) is 15.0. The molecule has 0 atom stereocenters. The van der Waals surface area contributed by atoms with Crippen molar-refractivity contribution >= 4 is 34.0 Å². The fourth-order valence-corrected chi connectivity index (χ4v) is 3.49. The van der Waals surface area contributed by atoms with E-state index in [2.05, 4.69) is 38.0 Å². The van der Waals surface area contributed by atoms with E-state index in [1.165, 1.54) is 4.88 Å². The molecule has 0 radical (unpaired) electrons. The molecule has 7 heteroatoms. The zero-order chi connectivity index (χ0) is 16.4. The van der Waals surface area contributed by atoms with Gasteiger partial charge < -0.3 is 15.5 Å². The van der Waals surface area contributed by atoms with Crippen molar-refractivity contribution in [2.45, 2.75) is 13.5 Å². The Morgan fingerprint density at radius 1 is 1.29 bits per heavy atom. The number of hydrogen-bond donors (Lipinski definition) is 2. The standard InChI is InChI=1S/C17H20N6S/c1-12-9-14-15(11-19-12)21-17(23-6-4-18-5-7-23)22-16(14)20-10-13-3-2-8-24-13/h2-3,8-9,11,18H,4-7,10H2,1H3,(H,20,21,22). The van der Waals surface area contributed by atoms with E-state index in [1.54, 1.807) is 11.3 Å². The van der Waals surface area contributed by atoms with Gasteiger partial charge in [-0.3, -0.25) is 4.98 Å². The molecule has 0 aliphatic carbocycles. The van der Waals surface area contributed by atoms with Crippen LogP contribution in [0.15, 0.2) is 29.8 Å². The van der Waals surface area contributed by atoms with Crippen LogP contribution in [0.25, 0.3) is 10.9 Å². The van der Waals surface area contributed by atoms with Gasteiger partial charge in [-0.15, -0.1) is 11.3 Å². The van der Waals surface area contributed by atoms with Gasteiger partial charge in [-0.05, 0) is 24.4 Å². The second kappa shape index (κ2) is 6.70. The highest BCUT2D eigenvalue weighted by Gasteiger charge is 2.16. The minimum absolute atomic E-state index is 0.770. The summed E-state index contributed by atoms with van der Waals surface area (Å²) in [6.07, 6.45) is 1.84. The number of aromatic nitrogens is 3. The van der Waals surface area contributed by atoms with E-state index in [-0.39, 0.29) is 0 Å². The number of pyridine rings is 1. The van der Waals surface area contributed by atoms with Gasteiger partial charge in [0.25, 0.3) is 0 Å². The number of nitrogens with one attached hydrogen (secondary N) is 2. The molecule has 0 unspecified atom stereocenters. The molecule has 0 bridgehead atoms. The minimum Gasteiger partial charge on any atom is -0.364 e. The molecule has 4 heterocycles. The van der Waals surface area contributed by atoms with E-state index in [1.807, 2.05) is 19.2 Å². The first kappa shape index (κ1) is 15.3. The molecule has 0 aromatic carbocycles. The highest BCUT2D eigenvalue weighted by Crippen LogP contribution is 2.25. The maximum Gasteiger partial charge on any atom is 0.228 e. The third-order valence-corrected chi connectivity index (χ3v) is 4.99. The number of hydrogen-bond acceptors (Lipinski definition) is 7. The van der Waals surface area contributed by atoms with Crippen molar-refractivity contribution in [1.29, 1.82) is 0 Å². The molecule has 124 valence electrons. The monoisotopic (exact) mass is 340 g/mol. The Morgan fingerprint density at radius 2 is 2.17 bits per heavy atom. The Bertz CT molecular complexity index is 826. The van der Waals surface area contributed by atoms with Crippen LogP contribution < -0.4 is 15.5 Å². The highest BCUT2D eigenvalue weighted by molar-refractivity contribution is 7.09. The van der Waals surface area contributed by atoms with Gasteiger partial charge in [-0.1, -0.05) is 6.07 Å². The predicted molar refractivity (Wildman–Crippen MR) is 98.8 cm³/mol. The Hall–Kier alpha value is -2.25. The van der Waals surface area contributed by atoms with Gasteiger partial charge >= 0.3 is 0 Å². The lowest BCUT2D eigenvalue weighted by Crippen LogP contribution is -2.44. The molecule has 1 aliphatic heterocycles. The Morgan fingerprint density at radius 3 is 2.96 bits per heavy atom. The average molecular weight is 340 g/mol. The summed E-state index contributed by atoms with van der Waals surface area (Å²) >= 11 is 1.75. The molecule has 1 aliphatic rings. The molecule has 4 rings (SSSR count). The van der Waals surface area contributed by atoms with E-state index < -0.39 is 0 Å². The van der Waals surface area contributed by atoms with Crippen molar-refractivity contribution in [3.05, 3.63) is 40.3 Å². The van der Waals surface area contributed by atoms with Crippen LogP contribution in [0.1, 0.15) is 10.6 Å². The summed E-state index contributed by atoms with van der Waals surface area (Å²) in [6.45, 7) is 6.54. The third kappa shape index (κ3) is 3.18. The zero-order valence-corrected chi connectivity index (χ0v) is 14.4. The summed E-state index contributed by atoms with van der Waals surface area (Å²) in [6, 6.07) is 6.25. The molecule has 0 saturated carbocycles. The maximum absolute atomic E-state index is 4.82. The summed E-state index contributed by atoms with van der Waals surface area (Å²) in [5.41, 5.74) is 1.86. The van der Waals surface area contributed by atoms with Gasteiger partial charge in [-0.25, -0.2) is 4.98 Å². The number of nitrogens with zero attached hydrogens (tertiary/aromatic N) is 4. The molecule has 2 N–H and O–H groups in total. The lowest BCUT2D eigenvalue weighted by molar-refractivity contribution is 0.580. The lowest BCUT2D eigenvalue weighted by atomic mass is 10.2. The number of aryl methyl sites for hydroxylation is 1. The first-order chi connectivity index (χ1) is 11.8. The summed E-state index contributed by atoms with van der Waals surface area (Å²) in [5.74, 6) is 1.66. The number of anilines is 2. The summed E-state index contributed by atoms with van der Waals surface area (Å²) in [5, 5.41) is 9.97. The smallest absolute Gasteiger partial charge is 0.228 e. The van der Waals surface area contributed by atoms with Crippen LogP contribution in [0.4, 0.5) is 11.8 Å². The summed E-state index contributed by atoms with van der Waals surface area (Å²) in [7, 11) is 0.